The summed E-state index contributed by atoms with van der Waals surface area (Å²) in [5.41, 5.74) is 0.214. The summed E-state index contributed by atoms with van der Waals surface area (Å²) in [7, 11) is 0. The first-order chi connectivity index (χ1) is 11.3. The van der Waals surface area contributed by atoms with Gasteiger partial charge in [0.2, 0.25) is 5.91 Å². The van der Waals surface area contributed by atoms with Crippen molar-refractivity contribution in [3.05, 3.63) is 45.7 Å². The van der Waals surface area contributed by atoms with E-state index in [4.69, 9.17) is 11.6 Å². The number of thioether (sulfide) groups is 1. The topological polar surface area (TPSA) is 90.1 Å². The lowest BCUT2D eigenvalue weighted by Crippen LogP contribution is -2.23. The largest absolute Gasteiger partial charge is 0.324 e. The van der Waals surface area contributed by atoms with Crippen LogP contribution in [0.2, 0.25) is 5.02 Å². The molecule has 9 heteroatoms. The van der Waals surface area contributed by atoms with Crippen LogP contribution < -0.4 is 5.32 Å². The second-order valence-corrected chi connectivity index (χ2v) is 7.10. The molecular formula is C15H17ClN4O3S. The number of amides is 1. The lowest BCUT2D eigenvalue weighted by Gasteiger charge is -2.15. The van der Waals surface area contributed by atoms with E-state index >= 15 is 0 Å². The molecule has 1 aromatic heterocycles. The molecule has 0 bridgehead atoms. The summed E-state index contributed by atoms with van der Waals surface area (Å²) in [6.45, 7) is 5.83. The van der Waals surface area contributed by atoms with Crippen LogP contribution in [0.25, 0.3) is 0 Å². The first-order valence-electron chi connectivity index (χ1n) is 7.24. The Morgan fingerprint density at radius 3 is 2.71 bits per heavy atom. The number of nitrogens with one attached hydrogen (secondary N) is 1. The van der Waals surface area contributed by atoms with E-state index in [1.54, 1.807) is 13.1 Å². The molecule has 1 atom stereocenters. The normalized spacial score (nSPS) is 12.2. The van der Waals surface area contributed by atoms with Crippen LogP contribution in [0.15, 0.2) is 35.7 Å². The fourth-order valence-corrected chi connectivity index (χ4v) is 3.17. The Balaban J connectivity index is 2.06. The number of anilines is 1. The summed E-state index contributed by atoms with van der Waals surface area (Å²) >= 11 is 7.32. The number of nitro groups is 1. The quantitative estimate of drug-likeness (QED) is 0.470. The molecule has 1 heterocycles. The molecule has 0 radical (unpaired) electrons. The molecule has 1 unspecified atom stereocenters. The molecule has 1 aromatic carbocycles. The monoisotopic (exact) mass is 368 g/mol. The van der Waals surface area contributed by atoms with Crippen LogP contribution in [0.3, 0.4) is 0 Å². The van der Waals surface area contributed by atoms with Crippen molar-refractivity contribution in [2.45, 2.75) is 37.2 Å². The van der Waals surface area contributed by atoms with Crippen molar-refractivity contribution < 1.29 is 9.72 Å². The zero-order valence-electron chi connectivity index (χ0n) is 13.4. The van der Waals surface area contributed by atoms with Gasteiger partial charge in [-0.3, -0.25) is 14.9 Å². The van der Waals surface area contributed by atoms with Crippen molar-refractivity contribution in [2.75, 3.05) is 5.32 Å². The number of carbonyl (C=O) groups excluding carboxylic acids is 1. The van der Waals surface area contributed by atoms with E-state index in [1.807, 2.05) is 24.6 Å². The number of carbonyl (C=O) groups is 1. The zero-order chi connectivity index (χ0) is 17.9. The second kappa shape index (κ2) is 7.67. The SMILES string of the molecule is CC(Sc1nccn1C(C)C)C(=O)Nc1ccc([N+](=O)[O-])cc1Cl. The third-order valence-electron chi connectivity index (χ3n) is 3.26. The number of nitro benzene ring substituents is 1. The van der Waals surface area contributed by atoms with Gasteiger partial charge in [-0.2, -0.15) is 0 Å². The number of nitrogens with zero attached hydrogens (tertiary/aromatic N) is 3. The number of aromatic nitrogens is 2. The van der Waals surface area contributed by atoms with E-state index in [0.29, 0.717) is 5.69 Å². The first-order valence-corrected chi connectivity index (χ1v) is 8.49. The Kier molecular flexibility index (Phi) is 5.84. The molecule has 2 aromatic rings. The van der Waals surface area contributed by atoms with Gasteiger partial charge in [-0.05, 0) is 26.8 Å². The fraction of sp³-hybridized carbons (Fsp3) is 0.333. The molecule has 1 amide bonds. The highest BCUT2D eigenvalue weighted by Gasteiger charge is 2.19. The smallest absolute Gasteiger partial charge is 0.271 e. The van der Waals surface area contributed by atoms with Gasteiger partial charge in [-0.25, -0.2) is 4.98 Å². The molecule has 0 fully saturated rings. The second-order valence-electron chi connectivity index (χ2n) is 5.38. The van der Waals surface area contributed by atoms with Crippen LogP contribution in [-0.4, -0.2) is 25.6 Å². The fourth-order valence-electron chi connectivity index (χ4n) is 1.95. The van der Waals surface area contributed by atoms with Gasteiger partial charge in [-0.1, -0.05) is 23.4 Å². The van der Waals surface area contributed by atoms with Gasteiger partial charge in [0.1, 0.15) is 0 Å². The van der Waals surface area contributed by atoms with Crippen molar-refractivity contribution in [3.63, 3.8) is 0 Å². The van der Waals surface area contributed by atoms with E-state index in [0.717, 1.165) is 5.16 Å². The van der Waals surface area contributed by atoms with Crippen molar-refractivity contribution in [1.29, 1.82) is 0 Å². The van der Waals surface area contributed by atoms with Crippen LogP contribution in [0.4, 0.5) is 11.4 Å². The molecule has 1 N–H and O–H groups in total. The van der Waals surface area contributed by atoms with E-state index < -0.39 is 10.2 Å². The summed E-state index contributed by atoms with van der Waals surface area (Å²) in [6, 6.07) is 4.17. The van der Waals surface area contributed by atoms with Crippen molar-refractivity contribution in [3.8, 4) is 0 Å². The van der Waals surface area contributed by atoms with Crippen LogP contribution in [0.1, 0.15) is 26.8 Å². The number of rotatable bonds is 6. The predicted octanol–water partition coefficient (Wildman–Crippen LogP) is 4.14. The number of hydrogen-bond acceptors (Lipinski definition) is 5. The van der Waals surface area contributed by atoms with Gasteiger partial charge >= 0.3 is 0 Å². The van der Waals surface area contributed by atoms with E-state index in [-0.39, 0.29) is 22.7 Å². The molecule has 0 aliphatic rings. The van der Waals surface area contributed by atoms with Gasteiger partial charge in [-0.15, -0.1) is 0 Å². The Morgan fingerprint density at radius 2 is 2.12 bits per heavy atom. The Hall–Kier alpha value is -2.06. The minimum atomic E-state index is -0.540. The minimum absolute atomic E-state index is 0.124. The van der Waals surface area contributed by atoms with Crippen LogP contribution in [0, 0.1) is 10.1 Å². The van der Waals surface area contributed by atoms with Crippen LogP contribution in [-0.2, 0) is 4.79 Å². The number of halogens is 1. The highest BCUT2D eigenvalue weighted by atomic mass is 35.5. The van der Waals surface area contributed by atoms with Gasteiger partial charge in [0.25, 0.3) is 5.69 Å². The van der Waals surface area contributed by atoms with Crippen molar-refractivity contribution >= 4 is 40.6 Å². The lowest BCUT2D eigenvalue weighted by atomic mass is 10.2. The maximum Gasteiger partial charge on any atom is 0.271 e. The van der Waals surface area contributed by atoms with Crippen molar-refractivity contribution in [1.82, 2.24) is 9.55 Å². The molecule has 128 valence electrons. The molecule has 0 aliphatic heterocycles. The number of benzene rings is 1. The van der Waals surface area contributed by atoms with Crippen molar-refractivity contribution in [2.24, 2.45) is 0 Å². The predicted molar refractivity (Wildman–Crippen MR) is 94.7 cm³/mol. The summed E-state index contributed by atoms with van der Waals surface area (Å²) in [4.78, 5) is 26.8. The van der Waals surface area contributed by atoms with Gasteiger partial charge < -0.3 is 9.88 Å². The standard InChI is InChI=1S/C15H17ClN4O3S/c1-9(2)19-7-6-17-15(19)24-10(3)14(21)18-13-5-4-11(20(22)23)8-12(13)16/h4-10H,1-3H3,(H,18,21). The highest BCUT2D eigenvalue weighted by molar-refractivity contribution is 8.00. The highest BCUT2D eigenvalue weighted by Crippen LogP contribution is 2.29. The summed E-state index contributed by atoms with van der Waals surface area (Å²) in [6.07, 6.45) is 3.56. The maximum atomic E-state index is 12.3. The van der Waals surface area contributed by atoms with Crippen LogP contribution in [0.5, 0.6) is 0 Å². The van der Waals surface area contributed by atoms with Gasteiger partial charge in [0.15, 0.2) is 5.16 Å². The summed E-state index contributed by atoms with van der Waals surface area (Å²) in [5, 5.41) is 13.9. The summed E-state index contributed by atoms with van der Waals surface area (Å²) in [5.74, 6) is -0.256. The molecule has 0 spiro atoms. The first kappa shape index (κ1) is 18.3. The lowest BCUT2D eigenvalue weighted by molar-refractivity contribution is -0.384. The molecule has 2 rings (SSSR count). The third kappa shape index (κ3) is 4.27. The van der Waals surface area contributed by atoms with Crippen LogP contribution >= 0.6 is 23.4 Å². The molecule has 0 saturated heterocycles. The van der Waals surface area contributed by atoms with E-state index in [1.165, 1.54) is 30.0 Å². The molecule has 0 aliphatic carbocycles. The molecule has 24 heavy (non-hydrogen) atoms. The van der Waals surface area contributed by atoms with Gasteiger partial charge in [0.05, 0.1) is 20.9 Å². The Bertz CT molecular complexity index is 763. The average Bonchev–Trinajstić information content (AvgIpc) is 2.97. The third-order valence-corrected chi connectivity index (χ3v) is 4.67. The van der Waals surface area contributed by atoms with E-state index in [2.05, 4.69) is 10.3 Å². The van der Waals surface area contributed by atoms with E-state index in [9.17, 15) is 14.9 Å². The Morgan fingerprint density at radius 1 is 1.42 bits per heavy atom. The minimum Gasteiger partial charge on any atom is -0.324 e. The molecule has 0 saturated carbocycles. The number of imidazole rings is 1. The van der Waals surface area contributed by atoms with Gasteiger partial charge in [0, 0.05) is 30.6 Å². The molecule has 7 nitrogen and oxygen atoms in total. The maximum absolute atomic E-state index is 12.3. The average molecular weight is 369 g/mol. The molecular weight excluding hydrogens is 352 g/mol. The number of hydrogen-bond donors (Lipinski definition) is 1. The zero-order valence-corrected chi connectivity index (χ0v) is 15.0. The summed E-state index contributed by atoms with van der Waals surface area (Å²) < 4.78 is 1.98. The number of non-ortho nitro benzene ring substituents is 1. The Labute approximate surface area is 148 Å².